The van der Waals surface area contributed by atoms with E-state index >= 15 is 0 Å². The fourth-order valence-corrected chi connectivity index (χ4v) is 2.67. The molecule has 2 rings (SSSR count). The molecule has 4 nitrogen and oxygen atoms in total. The molecule has 2 heterocycles. The highest BCUT2D eigenvalue weighted by Crippen LogP contribution is 2.21. The highest BCUT2D eigenvalue weighted by molar-refractivity contribution is 5.76. The van der Waals surface area contributed by atoms with Gasteiger partial charge in [-0.15, -0.1) is 0 Å². The van der Waals surface area contributed by atoms with Gasteiger partial charge in [0, 0.05) is 32.0 Å². The summed E-state index contributed by atoms with van der Waals surface area (Å²) in [6.07, 6.45) is 3.93. The second kappa shape index (κ2) is 5.64. The molecule has 2 saturated heterocycles. The van der Waals surface area contributed by atoms with Crippen molar-refractivity contribution >= 4 is 5.91 Å². The van der Waals surface area contributed by atoms with Crippen LogP contribution in [0.1, 0.15) is 25.7 Å². The summed E-state index contributed by atoms with van der Waals surface area (Å²) in [5.74, 6) is 1.18. The van der Waals surface area contributed by atoms with Gasteiger partial charge in [-0.1, -0.05) is 0 Å². The number of amides is 1. The number of hydrogen-bond acceptors (Lipinski definition) is 3. The van der Waals surface area contributed by atoms with Crippen LogP contribution in [0.3, 0.4) is 0 Å². The molecule has 0 aromatic rings. The van der Waals surface area contributed by atoms with E-state index in [-0.39, 0.29) is 6.61 Å². The van der Waals surface area contributed by atoms with Crippen LogP contribution in [0.25, 0.3) is 0 Å². The van der Waals surface area contributed by atoms with Gasteiger partial charge in [0.1, 0.15) is 0 Å². The Morgan fingerprint density at radius 2 is 2.00 bits per heavy atom. The highest BCUT2D eigenvalue weighted by Gasteiger charge is 2.27. The Morgan fingerprint density at radius 3 is 2.62 bits per heavy atom. The number of aliphatic hydroxyl groups excluding tert-OH is 1. The Balaban J connectivity index is 1.75. The summed E-state index contributed by atoms with van der Waals surface area (Å²) >= 11 is 0. The first-order chi connectivity index (χ1) is 7.79. The quantitative estimate of drug-likeness (QED) is 0.723. The van der Waals surface area contributed by atoms with Crippen LogP contribution in [0.5, 0.6) is 0 Å². The third-order valence-corrected chi connectivity index (χ3v) is 3.82. The molecule has 0 aromatic heterocycles. The minimum absolute atomic E-state index is 0.219. The smallest absolute Gasteiger partial charge is 0.222 e. The van der Waals surface area contributed by atoms with E-state index in [0.717, 1.165) is 45.4 Å². The van der Waals surface area contributed by atoms with Crippen molar-refractivity contribution in [2.45, 2.75) is 25.7 Å². The van der Waals surface area contributed by atoms with E-state index in [4.69, 9.17) is 5.11 Å². The molecule has 0 spiro atoms. The van der Waals surface area contributed by atoms with Gasteiger partial charge in [-0.05, 0) is 38.3 Å². The summed E-state index contributed by atoms with van der Waals surface area (Å²) in [7, 11) is 0. The molecule has 2 N–H and O–H groups in total. The zero-order chi connectivity index (χ0) is 11.4. The number of nitrogens with zero attached hydrogens (tertiary/aromatic N) is 1. The monoisotopic (exact) mass is 226 g/mol. The van der Waals surface area contributed by atoms with E-state index in [0.29, 0.717) is 24.2 Å². The fourth-order valence-electron chi connectivity index (χ4n) is 2.67. The topological polar surface area (TPSA) is 52.6 Å². The first kappa shape index (κ1) is 11.9. The second-order valence-corrected chi connectivity index (χ2v) is 5.07. The van der Waals surface area contributed by atoms with Gasteiger partial charge in [-0.25, -0.2) is 0 Å². The molecule has 2 aliphatic rings. The maximum absolute atomic E-state index is 12.0. The van der Waals surface area contributed by atoms with Crippen molar-refractivity contribution in [3.05, 3.63) is 0 Å². The summed E-state index contributed by atoms with van der Waals surface area (Å²) in [6.45, 7) is 3.93. The lowest BCUT2D eigenvalue weighted by atomic mass is 9.94. The number of likely N-dealkylation sites (tertiary alicyclic amines) is 1. The molecule has 0 aromatic carbocycles. The van der Waals surface area contributed by atoms with Crippen LogP contribution in [0.4, 0.5) is 0 Å². The molecule has 0 bridgehead atoms. The van der Waals surface area contributed by atoms with Crippen LogP contribution in [0.2, 0.25) is 0 Å². The number of carbonyl (C=O) groups is 1. The lowest BCUT2D eigenvalue weighted by Crippen LogP contribution is -2.34. The molecule has 16 heavy (non-hydrogen) atoms. The normalized spacial score (nSPS) is 27.3. The summed E-state index contributed by atoms with van der Waals surface area (Å²) in [5.41, 5.74) is 0. The van der Waals surface area contributed by atoms with Crippen molar-refractivity contribution in [3.8, 4) is 0 Å². The Bertz CT molecular complexity index is 239. The molecular formula is C12H22N2O2. The molecule has 0 aliphatic carbocycles. The van der Waals surface area contributed by atoms with Crippen molar-refractivity contribution in [1.29, 1.82) is 0 Å². The molecule has 1 atom stereocenters. The molecule has 2 aliphatic heterocycles. The maximum atomic E-state index is 12.0. The van der Waals surface area contributed by atoms with Crippen LogP contribution < -0.4 is 5.32 Å². The van der Waals surface area contributed by atoms with E-state index in [2.05, 4.69) is 5.32 Å². The highest BCUT2D eigenvalue weighted by atomic mass is 16.3. The van der Waals surface area contributed by atoms with Crippen LogP contribution in [0.15, 0.2) is 0 Å². The first-order valence-corrected chi connectivity index (χ1v) is 6.39. The van der Waals surface area contributed by atoms with Crippen molar-refractivity contribution in [1.82, 2.24) is 10.2 Å². The largest absolute Gasteiger partial charge is 0.396 e. The predicted molar refractivity (Wildman–Crippen MR) is 62.0 cm³/mol. The standard InChI is InChI=1S/C12H22N2O2/c15-9-11-3-6-14(8-11)12(16)7-10-1-4-13-5-2-10/h10-11,13,15H,1-9H2/t11-/m1/s1. The molecule has 4 heteroatoms. The predicted octanol–water partition coefficient (Wildman–Crippen LogP) is 0.217. The maximum Gasteiger partial charge on any atom is 0.222 e. The van der Waals surface area contributed by atoms with E-state index in [1.165, 1.54) is 0 Å². The Hall–Kier alpha value is -0.610. The number of aliphatic hydroxyl groups is 1. The van der Waals surface area contributed by atoms with Gasteiger partial charge >= 0.3 is 0 Å². The van der Waals surface area contributed by atoms with Gasteiger partial charge in [0.2, 0.25) is 5.91 Å². The van der Waals surface area contributed by atoms with Gasteiger partial charge in [0.25, 0.3) is 0 Å². The Kier molecular flexibility index (Phi) is 4.18. The van der Waals surface area contributed by atoms with Crippen LogP contribution >= 0.6 is 0 Å². The van der Waals surface area contributed by atoms with Crippen LogP contribution in [0, 0.1) is 11.8 Å². The molecule has 1 amide bonds. The Labute approximate surface area is 97.0 Å². The van der Waals surface area contributed by atoms with Gasteiger partial charge in [-0.3, -0.25) is 4.79 Å². The zero-order valence-corrected chi connectivity index (χ0v) is 9.82. The van der Waals surface area contributed by atoms with E-state index < -0.39 is 0 Å². The van der Waals surface area contributed by atoms with Crippen LogP contribution in [-0.4, -0.2) is 48.7 Å². The molecule has 2 fully saturated rings. The molecule has 92 valence electrons. The van der Waals surface area contributed by atoms with Gasteiger partial charge in [0.15, 0.2) is 0 Å². The molecule has 0 radical (unpaired) electrons. The van der Waals surface area contributed by atoms with Gasteiger partial charge < -0.3 is 15.3 Å². The molecule has 0 saturated carbocycles. The van der Waals surface area contributed by atoms with E-state index in [1.54, 1.807) is 0 Å². The summed E-state index contributed by atoms with van der Waals surface area (Å²) in [6, 6.07) is 0. The van der Waals surface area contributed by atoms with E-state index in [1.807, 2.05) is 4.90 Å². The number of carbonyl (C=O) groups excluding carboxylic acids is 1. The fraction of sp³-hybridized carbons (Fsp3) is 0.917. The lowest BCUT2D eigenvalue weighted by molar-refractivity contribution is -0.131. The number of nitrogens with one attached hydrogen (secondary N) is 1. The van der Waals surface area contributed by atoms with Crippen molar-refractivity contribution < 1.29 is 9.90 Å². The van der Waals surface area contributed by atoms with Crippen molar-refractivity contribution in [2.75, 3.05) is 32.8 Å². The van der Waals surface area contributed by atoms with Crippen LogP contribution in [-0.2, 0) is 4.79 Å². The number of hydrogen-bond donors (Lipinski definition) is 2. The first-order valence-electron chi connectivity index (χ1n) is 6.39. The zero-order valence-electron chi connectivity index (χ0n) is 9.82. The van der Waals surface area contributed by atoms with Crippen molar-refractivity contribution in [2.24, 2.45) is 11.8 Å². The third kappa shape index (κ3) is 2.95. The minimum Gasteiger partial charge on any atom is -0.396 e. The minimum atomic E-state index is 0.219. The van der Waals surface area contributed by atoms with Gasteiger partial charge in [0.05, 0.1) is 0 Å². The molecular weight excluding hydrogens is 204 g/mol. The summed E-state index contributed by atoms with van der Waals surface area (Å²) < 4.78 is 0. The van der Waals surface area contributed by atoms with Crippen molar-refractivity contribution in [3.63, 3.8) is 0 Å². The SMILES string of the molecule is O=C(CC1CCNCC1)N1CC[C@@H](CO)C1. The molecule has 0 unspecified atom stereocenters. The number of piperidine rings is 1. The van der Waals surface area contributed by atoms with E-state index in [9.17, 15) is 4.79 Å². The average molecular weight is 226 g/mol. The summed E-state index contributed by atoms with van der Waals surface area (Å²) in [5, 5.41) is 12.4. The lowest BCUT2D eigenvalue weighted by Gasteiger charge is -2.24. The second-order valence-electron chi connectivity index (χ2n) is 5.07. The third-order valence-electron chi connectivity index (χ3n) is 3.82. The number of rotatable bonds is 3. The average Bonchev–Trinajstić information content (AvgIpc) is 2.79. The Morgan fingerprint density at radius 1 is 1.25 bits per heavy atom. The van der Waals surface area contributed by atoms with Gasteiger partial charge in [-0.2, -0.15) is 0 Å². The summed E-state index contributed by atoms with van der Waals surface area (Å²) in [4.78, 5) is 13.9.